The number of hydrogen-bond donors (Lipinski definition) is 3. The van der Waals surface area contributed by atoms with Gasteiger partial charge in [-0.15, -0.1) is 0 Å². The van der Waals surface area contributed by atoms with E-state index in [1.165, 1.54) is 30.3 Å². The largest absolute Gasteiger partial charge is 0.508 e. The van der Waals surface area contributed by atoms with Crippen molar-refractivity contribution in [1.29, 1.82) is 0 Å². The van der Waals surface area contributed by atoms with Crippen LogP contribution in [0, 0.1) is 27.7 Å². The van der Waals surface area contributed by atoms with Gasteiger partial charge in [-0.2, -0.15) is 0 Å². The van der Waals surface area contributed by atoms with Gasteiger partial charge in [0.15, 0.2) is 5.60 Å². The molecule has 0 unspecified atom stereocenters. The van der Waals surface area contributed by atoms with Crippen molar-refractivity contribution in [3.63, 3.8) is 0 Å². The lowest BCUT2D eigenvalue weighted by molar-refractivity contribution is 0.0241. The molecule has 0 bridgehead atoms. The number of carboxylic acid groups (broad SMARTS) is 1. The highest BCUT2D eigenvalue weighted by atomic mass is 16.6. The number of carbonyl (C=O) groups is 2. The Hall–Kier alpha value is -3.80. The quantitative estimate of drug-likeness (QED) is 0.542. The number of phenols is 2. The van der Waals surface area contributed by atoms with E-state index in [4.69, 9.17) is 4.74 Å². The van der Waals surface area contributed by atoms with E-state index in [9.17, 15) is 24.9 Å². The Bertz CT molecular complexity index is 1210. The summed E-state index contributed by atoms with van der Waals surface area (Å²) in [6.07, 6.45) is 0. The second-order valence-corrected chi connectivity index (χ2v) is 7.97. The highest BCUT2D eigenvalue weighted by Crippen LogP contribution is 2.52. The third kappa shape index (κ3) is 2.86. The van der Waals surface area contributed by atoms with Crippen LogP contribution in [0.1, 0.15) is 59.7 Å². The van der Waals surface area contributed by atoms with Gasteiger partial charge in [0.05, 0.1) is 11.1 Å². The second kappa shape index (κ2) is 6.87. The third-order valence-corrected chi connectivity index (χ3v) is 6.18. The number of aryl methyl sites for hydroxylation is 2. The van der Waals surface area contributed by atoms with Crippen molar-refractivity contribution < 1.29 is 29.6 Å². The maximum Gasteiger partial charge on any atom is 0.340 e. The molecule has 31 heavy (non-hydrogen) atoms. The van der Waals surface area contributed by atoms with E-state index in [2.05, 4.69) is 0 Å². The van der Waals surface area contributed by atoms with Crippen LogP contribution in [0.4, 0.5) is 0 Å². The molecule has 0 aliphatic carbocycles. The number of aromatic carboxylic acids is 1. The zero-order valence-electron chi connectivity index (χ0n) is 17.6. The zero-order valence-corrected chi connectivity index (χ0v) is 17.6. The van der Waals surface area contributed by atoms with Crippen LogP contribution in [0.25, 0.3) is 0 Å². The summed E-state index contributed by atoms with van der Waals surface area (Å²) in [5.74, 6) is -1.95. The molecular formula is C25H22O6. The van der Waals surface area contributed by atoms with Crippen LogP contribution in [0.15, 0.2) is 42.5 Å². The fourth-order valence-electron chi connectivity index (χ4n) is 4.46. The number of phenolic OH excluding ortho intramolecular Hbond substituents is 2. The Balaban J connectivity index is 2.27. The van der Waals surface area contributed by atoms with Crippen LogP contribution in [0.3, 0.4) is 0 Å². The Morgan fingerprint density at radius 3 is 1.87 bits per heavy atom. The minimum Gasteiger partial charge on any atom is -0.508 e. The van der Waals surface area contributed by atoms with Crippen LogP contribution < -0.4 is 0 Å². The number of aromatic hydroxyl groups is 2. The fraction of sp³-hybridized carbons (Fsp3) is 0.200. The normalized spacial score (nSPS) is 14.3. The summed E-state index contributed by atoms with van der Waals surface area (Å²) in [4.78, 5) is 25.2. The lowest BCUT2D eigenvalue weighted by atomic mass is 9.73. The van der Waals surface area contributed by atoms with Crippen molar-refractivity contribution in [2.75, 3.05) is 0 Å². The van der Waals surface area contributed by atoms with Crippen LogP contribution in [-0.2, 0) is 10.3 Å². The van der Waals surface area contributed by atoms with Crippen molar-refractivity contribution in [3.8, 4) is 11.5 Å². The predicted molar refractivity (Wildman–Crippen MR) is 114 cm³/mol. The Labute approximate surface area is 179 Å². The Morgan fingerprint density at radius 2 is 1.39 bits per heavy atom. The summed E-state index contributed by atoms with van der Waals surface area (Å²) in [6, 6.07) is 10.6. The number of ether oxygens (including phenoxy) is 1. The van der Waals surface area contributed by atoms with Crippen molar-refractivity contribution in [1.82, 2.24) is 0 Å². The molecule has 3 N–H and O–H groups in total. The van der Waals surface area contributed by atoms with Crippen LogP contribution in [-0.4, -0.2) is 27.3 Å². The molecule has 0 spiro atoms. The summed E-state index contributed by atoms with van der Waals surface area (Å²) in [7, 11) is 0. The summed E-state index contributed by atoms with van der Waals surface area (Å²) in [6.45, 7) is 7.28. The number of fused-ring (bicyclic) bond motifs is 1. The van der Waals surface area contributed by atoms with Gasteiger partial charge < -0.3 is 20.1 Å². The molecule has 0 aromatic heterocycles. The molecule has 0 saturated heterocycles. The lowest BCUT2D eigenvalue weighted by Crippen LogP contribution is -2.33. The van der Waals surface area contributed by atoms with Crippen LogP contribution in [0.2, 0.25) is 0 Å². The molecular weight excluding hydrogens is 396 g/mol. The molecule has 1 aliphatic heterocycles. The standard InChI is InChI=1S/C25H22O6/c1-12-8-16(26)10-20(14(12)3)25(21-11-17(27)9-13(2)15(21)4)22-18(23(28)29)6-5-7-19(22)24(30)31-25/h5-11,26-27H,1-4H3,(H,28,29). The minimum atomic E-state index is -1.65. The smallest absolute Gasteiger partial charge is 0.340 e. The maximum atomic E-state index is 13.0. The SMILES string of the molecule is Cc1cc(O)cc(C2(c3cc(O)cc(C)c3C)OC(=O)c3cccc(C(=O)O)c32)c1C. The average Bonchev–Trinajstić information content (AvgIpc) is 3.01. The van der Waals surface area contributed by atoms with Gasteiger partial charge in [-0.05, 0) is 86.3 Å². The summed E-state index contributed by atoms with van der Waals surface area (Å²) in [5.41, 5.74) is 2.46. The van der Waals surface area contributed by atoms with Crippen molar-refractivity contribution in [2.24, 2.45) is 0 Å². The van der Waals surface area contributed by atoms with Crippen LogP contribution >= 0.6 is 0 Å². The Morgan fingerprint density at radius 1 is 0.871 bits per heavy atom. The molecule has 0 atom stereocenters. The van der Waals surface area contributed by atoms with E-state index in [0.29, 0.717) is 11.1 Å². The number of esters is 1. The summed E-state index contributed by atoms with van der Waals surface area (Å²) >= 11 is 0. The highest BCUT2D eigenvalue weighted by Gasteiger charge is 2.52. The number of benzene rings is 3. The lowest BCUT2D eigenvalue weighted by Gasteiger charge is -2.34. The zero-order chi connectivity index (χ0) is 22.7. The molecule has 4 rings (SSSR count). The van der Waals surface area contributed by atoms with Gasteiger partial charge in [0.1, 0.15) is 11.5 Å². The molecule has 0 saturated carbocycles. The van der Waals surface area contributed by atoms with E-state index >= 15 is 0 Å². The number of hydrogen-bond acceptors (Lipinski definition) is 5. The number of carboxylic acids is 1. The molecule has 3 aromatic rings. The number of cyclic esters (lactones) is 1. The number of rotatable bonds is 3. The number of carbonyl (C=O) groups excluding carboxylic acids is 1. The van der Waals surface area contributed by atoms with Gasteiger partial charge >= 0.3 is 11.9 Å². The van der Waals surface area contributed by atoms with E-state index in [1.807, 2.05) is 27.7 Å². The molecule has 1 aliphatic rings. The predicted octanol–water partition coefficient (Wildman–Crippen LogP) is 4.49. The highest BCUT2D eigenvalue weighted by molar-refractivity contribution is 6.02. The van der Waals surface area contributed by atoms with Gasteiger partial charge in [0.25, 0.3) is 0 Å². The van der Waals surface area contributed by atoms with Gasteiger partial charge in [-0.1, -0.05) is 6.07 Å². The molecule has 158 valence electrons. The van der Waals surface area contributed by atoms with Gasteiger partial charge in [-0.25, -0.2) is 9.59 Å². The fourth-order valence-corrected chi connectivity index (χ4v) is 4.46. The first-order valence-corrected chi connectivity index (χ1v) is 9.79. The summed E-state index contributed by atoms with van der Waals surface area (Å²) < 4.78 is 6.04. The molecule has 6 nitrogen and oxygen atoms in total. The van der Waals surface area contributed by atoms with Gasteiger partial charge in [0, 0.05) is 16.7 Å². The first-order valence-electron chi connectivity index (χ1n) is 9.79. The molecule has 3 aromatic carbocycles. The van der Waals surface area contributed by atoms with Crippen molar-refractivity contribution in [3.05, 3.63) is 92.5 Å². The van der Waals surface area contributed by atoms with E-state index in [0.717, 1.165) is 22.3 Å². The first kappa shape index (κ1) is 20.5. The summed E-state index contributed by atoms with van der Waals surface area (Å²) in [5, 5.41) is 30.8. The van der Waals surface area contributed by atoms with Crippen molar-refractivity contribution >= 4 is 11.9 Å². The minimum absolute atomic E-state index is 0.0377. The average molecular weight is 418 g/mol. The topological polar surface area (TPSA) is 104 Å². The molecule has 0 fully saturated rings. The van der Waals surface area contributed by atoms with Gasteiger partial charge in [0.2, 0.25) is 0 Å². The maximum absolute atomic E-state index is 13.0. The molecule has 0 radical (unpaired) electrons. The van der Waals surface area contributed by atoms with Gasteiger partial charge in [-0.3, -0.25) is 0 Å². The van der Waals surface area contributed by atoms with Crippen LogP contribution in [0.5, 0.6) is 11.5 Å². The third-order valence-electron chi connectivity index (χ3n) is 6.18. The molecule has 0 amide bonds. The first-order chi connectivity index (χ1) is 14.6. The molecule has 6 heteroatoms. The van der Waals surface area contributed by atoms with Crippen molar-refractivity contribution in [2.45, 2.75) is 33.3 Å². The monoisotopic (exact) mass is 418 g/mol. The van der Waals surface area contributed by atoms with E-state index in [-0.39, 0.29) is 28.2 Å². The Kier molecular flexibility index (Phi) is 4.54. The second-order valence-electron chi connectivity index (χ2n) is 7.97. The van der Waals surface area contributed by atoms with E-state index in [1.54, 1.807) is 12.1 Å². The van der Waals surface area contributed by atoms with E-state index < -0.39 is 17.5 Å². The molecule has 1 heterocycles.